The fourth-order valence-corrected chi connectivity index (χ4v) is 4.63. The smallest absolute Gasteiger partial charge is 0.338 e. The van der Waals surface area contributed by atoms with Gasteiger partial charge in [-0.2, -0.15) is 0 Å². The van der Waals surface area contributed by atoms with Gasteiger partial charge in [0, 0.05) is 35.5 Å². The minimum Gasteiger partial charge on any atom is -0.491 e. The first-order valence-corrected chi connectivity index (χ1v) is 14.7. The van der Waals surface area contributed by atoms with E-state index in [2.05, 4.69) is 16.6 Å². The molecule has 1 heterocycles. The van der Waals surface area contributed by atoms with Gasteiger partial charge in [-0.15, -0.1) is 0 Å². The van der Waals surface area contributed by atoms with Crippen molar-refractivity contribution in [1.82, 2.24) is 4.98 Å². The lowest BCUT2D eigenvalue weighted by Gasteiger charge is -2.13. The number of aromatic nitrogens is 1. The summed E-state index contributed by atoms with van der Waals surface area (Å²) in [5, 5.41) is 10.9. The monoisotopic (exact) mass is 565 g/mol. The SMILES string of the molecule is CCCCCCCCc1ccc(OCC(O)COC(=O)c2ccc3[nH]cc(C(=O)CCCCC(=O)OC)c3c2)cc1. The van der Waals surface area contributed by atoms with Gasteiger partial charge in [-0.1, -0.05) is 51.2 Å². The number of hydrogen-bond acceptors (Lipinski definition) is 7. The third kappa shape index (κ3) is 10.7. The first-order chi connectivity index (χ1) is 19.9. The number of fused-ring (bicyclic) bond motifs is 1. The second-order valence-electron chi connectivity index (χ2n) is 10.4. The molecule has 2 N–H and O–H groups in total. The van der Waals surface area contributed by atoms with Gasteiger partial charge >= 0.3 is 11.9 Å². The highest BCUT2D eigenvalue weighted by Gasteiger charge is 2.17. The summed E-state index contributed by atoms with van der Waals surface area (Å²) in [6, 6.07) is 12.8. The molecule has 0 amide bonds. The molecule has 8 nitrogen and oxygen atoms in total. The zero-order valence-corrected chi connectivity index (χ0v) is 24.3. The van der Waals surface area contributed by atoms with E-state index in [9.17, 15) is 19.5 Å². The Hall–Kier alpha value is -3.65. The highest BCUT2D eigenvalue weighted by molar-refractivity contribution is 6.09. The van der Waals surface area contributed by atoms with Crippen LogP contribution in [0.4, 0.5) is 0 Å². The van der Waals surface area contributed by atoms with Crippen LogP contribution in [0.15, 0.2) is 48.7 Å². The first kappa shape index (κ1) is 31.9. The fraction of sp³-hybridized carbons (Fsp3) is 0.485. The molecule has 3 rings (SSSR count). The number of ether oxygens (including phenoxy) is 3. The number of hydrogen-bond donors (Lipinski definition) is 2. The van der Waals surface area contributed by atoms with Crippen LogP contribution in [0.2, 0.25) is 0 Å². The summed E-state index contributed by atoms with van der Waals surface area (Å²) in [6.07, 6.45) is 11.0. The number of aliphatic hydroxyl groups excluding tert-OH is 1. The Bertz CT molecular complexity index is 1250. The van der Waals surface area contributed by atoms with Gasteiger partial charge in [0.2, 0.25) is 0 Å². The molecule has 0 saturated carbocycles. The number of rotatable bonds is 19. The minimum atomic E-state index is -0.986. The lowest BCUT2D eigenvalue weighted by molar-refractivity contribution is -0.140. The van der Waals surface area contributed by atoms with E-state index in [1.807, 2.05) is 24.3 Å². The number of carbonyl (C=O) groups excluding carboxylic acids is 3. The van der Waals surface area contributed by atoms with Crippen LogP contribution in [0.1, 0.15) is 97.4 Å². The summed E-state index contributed by atoms with van der Waals surface area (Å²) >= 11 is 0. The minimum absolute atomic E-state index is 0.00444. The molecule has 0 bridgehead atoms. The topological polar surface area (TPSA) is 115 Å². The second-order valence-corrected chi connectivity index (χ2v) is 10.4. The number of aliphatic hydroxyl groups is 1. The summed E-state index contributed by atoms with van der Waals surface area (Å²) < 4.78 is 15.6. The number of unbranched alkanes of at least 4 members (excludes halogenated alkanes) is 6. The molecular weight excluding hydrogens is 522 g/mol. The maximum absolute atomic E-state index is 12.7. The predicted molar refractivity (Wildman–Crippen MR) is 158 cm³/mol. The molecule has 0 fully saturated rings. The van der Waals surface area contributed by atoms with Gasteiger partial charge in [0.05, 0.1) is 12.7 Å². The molecule has 0 spiro atoms. The fourth-order valence-electron chi connectivity index (χ4n) is 4.63. The zero-order chi connectivity index (χ0) is 29.5. The molecule has 0 radical (unpaired) electrons. The molecular formula is C33H43NO7. The van der Waals surface area contributed by atoms with Crippen molar-refractivity contribution < 1.29 is 33.7 Å². The number of nitrogens with one attached hydrogen (secondary N) is 1. The standard InChI is InChI=1S/C33H43NO7/c1-3-4-5-6-7-8-11-24-14-17-27(18-15-24)40-22-26(35)23-41-33(38)25-16-19-30-28(20-25)29(21-34-30)31(36)12-9-10-13-32(37)39-2/h14-21,26,34-35H,3-13,22-23H2,1-2H3. The Kier molecular flexibility index (Phi) is 13.4. The quantitative estimate of drug-likeness (QED) is 0.0958. The van der Waals surface area contributed by atoms with Crippen LogP contribution in [0.3, 0.4) is 0 Å². The summed E-state index contributed by atoms with van der Waals surface area (Å²) in [7, 11) is 1.34. The normalized spacial score (nSPS) is 11.8. The van der Waals surface area contributed by atoms with Crippen molar-refractivity contribution in [2.75, 3.05) is 20.3 Å². The molecule has 0 aliphatic heterocycles. The van der Waals surface area contributed by atoms with Crippen LogP contribution in [-0.4, -0.2) is 54.2 Å². The highest BCUT2D eigenvalue weighted by Crippen LogP contribution is 2.23. The Morgan fingerprint density at radius 1 is 0.878 bits per heavy atom. The van der Waals surface area contributed by atoms with Gasteiger partial charge < -0.3 is 24.3 Å². The van der Waals surface area contributed by atoms with Crippen molar-refractivity contribution in [1.29, 1.82) is 0 Å². The molecule has 2 aromatic carbocycles. The van der Waals surface area contributed by atoms with E-state index in [-0.39, 0.29) is 43.4 Å². The lowest BCUT2D eigenvalue weighted by atomic mass is 10.0. The maximum Gasteiger partial charge on any atom is 0.338 e. The molecule has 1 unspecified atom stereocenters. The summed E-state index contributed by atoms with van der Waals surface area (Å²) in [6.45, 7) is 2.00. The number of aryl methyl sites for hydroxylation is 1. The van der Waals surface area contributed by atoms with Gasteiger partial charge in [-0.3, -0.25) is 9.59 Å². The van der Waals surface area contributed by atoms with E-state index in [0.717, 1.165) is 11.9 Å². The van der Waals surface area contributed by atoms with Crippen molar-refractivity contribution in [3.8, 4) is 5.75 Å². The van der Waals surface area contributed by atoms with E-state index < -0.39 is 12.1 Å². The number of aromatic amines is 1. The van der Waals surface area contributed by atoms with Crippen LogP contribution in [0.5, 0.6) is 5.75 Å². The molecule has 1 atom stereocenters. The number of benzene rings is 2. The van der Waals surface area contributed by atoms with Gasteiger partial charge in [0.15, 0.2) is 5.78 Å². The van der Waals surface area contributed by atoms with E-state index in [1.54, 1.807) is 24.4 Å². The van der Waals surface area contributed by atoms with Crippen molar-refractivity contribution in [2.24, 2.45) is 0 Å². The van der Waals surface area contributed by atoms with Crippen LogP contribution in [-0.2, 0) is 20.7 Å². The molecule has 222 valence electrons. The molecule has 41 heavy (non-hydrogen) atoms. The predicted octanol–water partition coefficient (Wildman–Crippen LogP) is 6.58. The van der Waals surface area contributed by atoms with Gasteiger partial charge in [-0.25, -0.2) is 4.79 Å². The van der Waals surface area contributed by atoms with Gasteiger partial charge in [-0.05, 0) is 61.6 Å². The summed E-state index contributed by atoms with van der Waals surface area (Å²) in [5.41, 5.74) is 2.76. The third-order valence-corrected chi connectivity index (χ3v) is 7.07. The average molecular weight is 566 g/mol. The molecule has 1 aromatic heterocycles. The van der Waals surface area contributed by atoms with Crippen LogP contribution >= 0.6 is 0 Å². The molecule has 3 aromatic rings. The number of methoxy groups -OCH3 is 1. The molecule has 0 aliphatic rings. The molecule has 0 saturated heterocycles. The van der Waals surface area contributed by atoms with Crippen molar-refractivity contribution in [3.63, 3.8) is 0 Å². The number of ketones is 1. The van der Waals surface area contributed by atoms with Crippen molar-refractivity contribution >= 4 is 28.6 Å². The molecule has 8 heteroatoms. The summed E-state index contributed by atoms with van der Waals surface area (Å²) in [5.74, 6) is -0.308. The van der Waals surface area contributed by atoms with E-state index in [0.29, 0.717) is 29.5 Å². The van der Waals surface area contributed by atoms with Crippen molar-refractivity contribution in [3.05, 3.63) is 65.4 Å². The Balaban J connectivity index is 1.42. The third-order valence-electron chi connectivity index (χ3n) is 7.07. The maximum atomic E-state index is 12.7. The zero-order valence-electron chi connectivity index (χ0n) is 24.3. The second kappa shape index (κ2) is 17.2. The lowest BCUT2D eigenvalue weighted by Crippen LogP contribution is -2.25. The van der Waals surface area contributed by atoms with Gasteiger partial charge in [0.1, 0.15) is 25.1 Å². The largest absolute Gasteiger partial charge is 0.491 e. The number of H-pyrrole nitrogens is 1. The van der Waals surface area contributed by atoms with E-state index in [4.69, 9.17) is 9.47 Å². The highest BCUT2D eigenvalue weighted by atomic mass is 16.5. The Morgan fingerprint density at radius 2 is 1.61 bits per heavy atom. The van der Waals surface area contributed by atoms with Crippen molar-refractivity contribution in [2.45, 2.75) is 83.7 Å². The Morgan fingerprint density at radius 3 is 2.37 bits per heavy atom. The average Bonchev–Trinajstić information content (AvgIpc) is 3.42. The van der Waals surface area contributed by atoms with E-state index >= 15 is 0 Å². The van der Waals surface area contributed by atoms with Gasteiger partial charge in [0.25, 0.3) is 0 Å². The van der Waals surface area contributed by atoms with Crippen LogP contribution in [0, 0.1) is 0 Å². The van der Waals surface area contributed by atoms with Crippen LogP contribution < -0.4 is 4.74 Å². The number of esters is 2. The molecule has 0 aliphatic carbocycles. The number of carbonyl (C=O) groups is 3. The first-order valence-electron chi connectivity index (χ1n) is 14.7. The Labute approximate surface area is 242 Å². The van der Waals surface area contributed by atoms with Crippen LogP contribution in [0.25, 0.3) is 10.9 Å². The number of Topliss-reactive ketones (excluding diaryl/α,β-unsaturated/α-hetero) is 1. The van der Waals surface area contributed by atoms with E-state index in [1.165, 1.54) is 51.2 Å². The summed E-state index contributed by atoms with van der Waals surface area (Å²) in [4.78, 5) is 39.7.